The molecule has 1 saturated heterocycles. The van der Waals surface area contributed by atoms with Gasteiger partial charge in [-0.15, -0.1) is 11.8 Å². The van der Waals surface area contributed by atoms with Crippen molar-refractivity contribution in [3.63, 3.8) is 0 Å². The number of hydrogen-bond acceptors (Lipinski definition) is 5. The van der Waals surface area contributed by atoms with Gasteiger partial charge in [-0.3, -0.25) is 9.59 Å². The third kappa shape index (κ3) is 5.95. The van der Waals surface area contributed by atoms with Crippen molar-refractivity contribution in [2.75, 3.05) is 32.9 Å². The molecule has 2 amide bonds. The van der Waals surface area contributed by atoms with Crippen LogP contribution in [0.3, 0.4) is 0 Å². The molecule has 1 aromatic heterocycles. The molecule has 2 heterocycles. The number of rotatable bonds is 6. The summed E-state index contributed by atoms with van der Waals surface area (Å²) < 4.78 is 0. The number of likely N-dealkylation sites (tertiary alicyclic amines) is 1. The first-order chi connectivity index (χ1) is 14.4. The number of carbonyl (C=O) groups excluding carboxylic acids is 2. The fourth-order valence-corrected chi connectivity index (χ4v) is 4.97. The molecule has 0 unspecified atom stereocenters. The van der Waals surface area contributed by atoms with E-state index in [0.29, 0.717) is 12.2 Å². The van der Waals surface area contributed by atoms with E-state index < -0.39 is 0 Å². The first kappa shape index (κ1) is 22.6. The third-order valence-electron chi connectivity index (χ3n) is 5.64. The Morgan fingerprint density at radius 2 is 2.00 bits per heavy atom. The summed E-state index contributed by atoms with van der Waals surface area (Å²) in [6.45, 7) is 5.70. The zero-order valence-corrected chi connectivity index (χ0v) is 19.1. The summed E-state index contributed by atoms with van der Waals surface area (Å²) in [6.07, 6.45) is 2.08. The van der Waals surface area contributed by atoms with Gasteiger partial charge in [-0.1, -0.05) is 11.6 Å². The van der Waals surface area contributed by atoms with Crippen LogP contribution in [0.2, 0.25) is 0 Å². The molecule has 0 bridgehead atoms. The second-order valence-corrected chi connectivity index (χ2v) is 9.39. The van der Waals surface area contributed by atoms with E-state index in [1.165, 1.54) is 16.5 Å². The summed E-state index contributed by atoms with van der Waals surface area (Å²) in [6, 6.07) is 8.49. The van der Waals surface area contributed by atoms with Crippen molar-refractivity contribution < 1.29 is 9.59 Å². The van der Waals surface area contributed by atoms with Crippen molar-refractivity contribution in [2.45, 2.75) is 44.2 Å². The number of aryl methyl sites for hydroxylation is 2. The number of benzene rings is 1. The van der Waals surface area contributed by atoms with E-state index in [9.17, 15) is 9.59 Å². The molecule has 2 aromatic rings. The molecule has 1 aliphatic heterocycles. The average molecular weight is 429 g/mol. The predicted octanol–water partition coefficient (Wildman–Crippen LogP) is 2.91. The summed E-state index contributed by atoms with van der Waals surface area (Å²) in [5.74, 6) is 0.827. The standard InChI is InChI=1S/C23H32N4O2S/c1-15-5-8-20-19(11-15)16(2)12-22(26-20)30-10-9-21(28)25-18-7-6-17(23(29)24-3)13-27(4)14-18/h5,8,11-12,17-18H,6-7,9-10,13-14H2,1-4H3,(H,24,29)(H,25,28)/t17-,18+/m1/s1. The molecular weight excluding hydrogens is 396 g/mol. The van der Waals surface area contributed by atoms with Crippen molar-refractivity contribution in [2.24, 2.45) is 5.92 Å². The normalized spacial score (nSPS) is 20.0. The fraction of sp³-hybridized carbons (Fsp3) is 0.522. The highest BCUT2D eigenvalue weighted by Crippen LogP contribution is 2.25. The molecule has 2 N–H and O–H groups in total. The van der Waals surface area contributed by atoms with E-state index in [-0.39, 0.29) is 23.8 Å². The summed E-state index contributed by atoms with van der Waals surface area (Å²) in [4.78, 5) is 31.3. The van der Waals surface area contributed by atoms with Gasteiger partial charge in [0.15, 0.2) is 0 Å². The van der Waals surface area contributed by atoms with E-state index in [1.54, 1.807) is 18.8 Å². The fourth-order valence-electron chi connectivity index (χ4n) is 4.05. The van der Waals surface area contributed by atoms with Gasteiger partial charge in [0, 0.05) is 43.7 Å². The lowest BCUT2D eigenvalue weighted by atomic mass is 10.0. The van der Waals surface area contributed by atoms with Crippen molar-refractivity contribution in [3.05, 3.63) is 35.4 Å². The van der Waals surface area contributed by atoms with Crippen LogP contribution in [-0.2, 0) is 9.59 Å². The Morgan fingerprint density at radius 1 is 1.20 bits per heavy atom. The average Bonchev–Trinajstić information content (AvgIpc) is 2.89. The highest BCUT2D eigenvalue weighted by molar-refractivity contribution is 7.99. The number of hydrogen-bond donors (Lipinski definition) is 2. The van der Waals surface area contributed by atoms with E-state index in [0.717, 1.165) is 36.5 Å². The van der Waals surface area contributed by atoms with Crippen molar-refractivity contribution in [3.8, 4) is 0 Å². The molecule has 0 spiro atoms. The lowest BCUT2D eigenvalue weighted by Crippen LogP contribution is -2.42. The van der Waals surface area contributed by atoms with Crippen LogP contribution >= 0.6 is 11.8 Å². The van der Waals surface area contributed by atoms with E-state index >= 15 is 0 Å². The Balaban J connectivity index is 1.49. The number of nitrogens with zero attached hydrogens (tertiary/aromatic N) is 2. The zero-order valence-electron chi connectivity index (χ0n) is 18.3. The molecule has 1 aromatic carbocycles. The largest absolute Gasteiger partial charge is 0.359 e. The van der Waals surface area contributed by atoms with Crippen LogP contribution in [0.25, 0.3) is 10.9 Å². The number of pyridine rings is 1. The second kappa shape index (κ2) is 10.3. The number of nitrogens with one attached hydrogen (secondary N) is 2. The maximum Gasteiger partial charge on any atom is 0.224 e. The Bertz CT molecular complexity index is 917. The van der Waals surface area contributed by atoms with Crippen LogP contribution in [0, 0.1) is 19.8 Å². The van der Waals surface area contributed by atoms with Crippen molar-refractivity contribution >= 4 is 34.5 Å². The first-order valence-corrected chi connectivity index (χ1v) is 11.5. The maximum atomic E-state index is 12.5. The van der Waals surface area contributed by atoms with E-state index in [4.69, 9.17) is 4.98 Å². The Hall–Kier alpha value is -2.12. The second-order valence-electron chi connectivity index (χ2n) is 8.27. The molecule has 1 fully saturated rings. The molecule has 2 atom stereocenters. The van der Waals surface area contributed by atoms with Crippen LogP contribution in [0.5, 0.6) is 0 Å². The van der Waals surface area contributed by atoms with Gasteiger partial charge in [0.1, 0.15) is 0 Å². The molecule has 30 heavy (non-hydrogen) atoms. The number of thioether (sulfide) groups is 1. The number of aromatic nitrogens is 1. The van der Waals surface area contributed by atoms with Crippen LogP contribution in [0.15, 0.2) is 29.3 Å². The Kier molecular flexibility index (Phi) is 7.72. The van der Waals surface area contributed by atoms with Gasteiger partial charge >= 0.3 is 0 Å². The van der Waals surface area contributed by atoms with Gasteiger partial charge in [0.2, 0.25) is 11.8 Å². The topological polar surface area (TPSA) is 74.3 Å². The lowest BCUT2D eigenvalue weighted by molar-refractivity contribution is -0.125. The molecule has 162 valence electrons. The highest BCUT2D eigenvalue weighted by atomic mass is 32.2. The Morgan fingerprint density at radius 3 is 2.77 bits per heavy atom. The molecule has 0 saturated carbocycles. The molecule has 1 aliphatic rings. The van der Waals surface area contributed by atoms with Gasteiger partial charge in [0.25, 0.3) is 0 Å². The van der Waals surface area contributed by atoms with Gasteiger partial charge in [-0.25, -0.2) is 4.98 Å². The summed E-state index contributed by atoms with van der Waals surface area (Å²) >= 11 is 1.62. The molecule has 0 aliphatic carbocycles. The lowest BCUT2D eigenvalue weighted by Gasteiger charge is -2.21. The van der Waals surface area contributed by atoms with E-state index in [1.807, 2.05) is 7.05 Å². The van der Waals surface area contributed by atoms with Crippen LogP contribution in [-0.4, -0.2) is 60.7 Å². The van der Waals surface area contributed by atoms with Crippen molar-refractivity contribution in [1.82, 2.24) is 20.5 Å². The molecule has 6 nitrogen and oxygen atoms in total. The minimum atomic E-state index is -0.0107. The SMILES string of the molecule is CNC(=O)[C@@H]1CC[C@H](NC(=O)CCSc2cc(C)c3cc(C)ccc3n2)CN(C)C1. The monoisotopic (exact) mass is 428 g/mol. The number of fused-ring (bicyclic) bond motifs is 1. The van der Waals surface area contributed by atoms with Crippen LogP contribution < -0.4 is 10.6 Å². The minimum Gasteiger partial charge on any atom is -0.359 e. The van der Waals surface area contributed by atoms with Crippen LogP contribution in [0.1, 0.15) is 30.4 Å². The summed E-state index contributed by atoms with van der Waals surface area (Å²) in [5, 5.41) is 8.03. The molecule has 0 radical (unpaired) electrons. The molecule has 3 rings (SSSR count). The summed E-state index contributed by atoms with van der Waals surface area (Å²) in [7, 11) is 3.68. The zero-order chi connectivity index (χ0) is 21.7. The maximum absolute atomic E-state index is 12.5. The number of carbonyl (C=O) groups is 2. The quantitative estimate of drug-likeness (QED) is 0.692. The van der Waals surface area contributed by atoms with Crippen LogP contribution in [0.4, 0.5) is 0 Å². The highest BCUT2D eigenvalue weighted by Gasteiger charge is 2.26. The van der Waals surface area contributed by atoms with E-state index in [2.05, 4.69) is 53.6 Å². The molecular formula is C23H32N4O2S. The summed E-state index contributed by atoms with van der Waals surface area (Å²) in [5.41, 5.74) is 3.44. The van der Waals surface area contributed by atoms with Crippen molar-refractivity contribution in [1.29, 1.82) is 0 Å². The number of likely N-dealkylation sites (N-methyl/N-ethyl adjacent to an activating group) is 1. The third-order valence-corrected chi connectivity index (χ3v) is 6.55. The van der Waals surface area contributed by atoms with Gasteiger partial charge in [-0.05, 0) is 57.5 Å². The van der Waals surface area contributed by atoms with Gasteiger partial charge in [-0.2, -0.15) is 0 Å². The smallest absolute Gasteiger partial charge is 0.224 e. The predicted molar refractivity (Wildman–Crippen MR) is 123 cm³/mol. The minimum absolute atomic E-state index is 0.0107. The van der Waals surface area contributed by atoms with Gasteiger partial charge < -0.3 is 15.5 Å². The first-order valence-electron chi connectivity index (χ1n) is 10.6. The Labute approximate surface area is 183 Å². The van der Waals surface area contributed by atoms with Gasteiger partial charge in [0.05, 0.1) is 16.5 Å². The molecule has 7 heteroatoms. The number of amides is 2.